The van der Waals surface area contributed by atoms with Crippen LogP contribution in [0.1, 0.15) is 42.4 Å². The molecule has 2 aromatic carbocycles. The molecule has 1 aliphatic carbocycles. The number of hydrogen-bond donors (Lipinski definition) is 1. The van der Waals surface area contributed by atoms with Gasteiger partial charge in [-0.3, -0.25) is 14.9 Å². The molecule has 2 aliphatic rings. The molecule has 9 nitrogen and oxygen atoms in total. The van der Waals surface area contributed by atoms with Crippen LogP contribution < -0.4 is 10.2 Å². The molecule has 1 saturated heterocycles. The van der Waals surface area contributed by atoms with E-state index in [4.69, 9.17) is 10.00 Å². The molecule has 2 fully saturated rings. The number of ether oxygens (including phenoxy) is 1. The summed E-state index contributed by atoms with van der Waals surface area (Å²) in [6.07, 6.45) is -7.54. The maximum atomic E-state index is 13.3. The summed E-state index contributed by atoms with van der Waals surface area (Å²) in [5.41, 5.74) is -3.35. The van der Waals surface area contributed by atoms with Gasteiger partial charge in [-0.15, -0.1) is 0 Å². The fourth-order valence-corrected chi connectivity index (χ4v) is 5.18. The van der Waals surface area contributed by atoms with E-state index in [0.717, 1.165) is 24.3 Å². The molecule has 42 heavy (non-hydrogen) atoms. The SMILES string of the molecule is N#Cc1ccc(N2CCN(C(=O)COC3CCC(Nc4ccc([N+](=O)[O-])c(C(F)(F)F)c4)CC3)CC2)cc1C(F)(F)F. The number of rotatable bonds is 7. The van der Waals surface area contributed by atoms with Crippen molar-refractivity contribution < 1.29 is 40.8 Å². The molecule has 4 rings (SSSR count). The largest absolute Gasteiger partial charge is 0.423 e. The van der Waals surface area contributed by atoms with E-state index in [1.54, 1.807) is 15.9 Å². The lowest BCUT2D eigenvalue weighted by atomic mass is 9.92. The van der Waals surface area contributed by atoms with Crippen LogP contribution in [0.3, 0.4) is 0 Å². The third kappa shape index (κ3) is 7.41. The highest BCUT2D eigenvalue weighted by Gasteiger charge is 2.39. The molecule has 1 aliphatic heterocycles. The van der Waals surface area contributed by atoms with Gasteiger partial charge < -0.3 is 19.9 Å². The zero-order valence-electron chi connectivity index (χ0n) is 22.2. The van der Waals surface area contributed by atoms with Gasteiger partial charge in [-0.1, -0.05) is 0 Å². The molecule has 0 atom stereocenters. The molecule has 0 unspecified atom stereocenters. The van der Waals surface area contributed by atoms with Crippen molar-refractivity contribution in [2.24, 2.45) is 0 Å². The number of piperazine rings is 1. The molecule has 1 N–H and O–H groups in total. The maximum absolute atomic E-state index is 13.3. The van der Waals surface area contributed by atoms with Crippen LogP contribution in [-0.4, -0.2) is 60.7 Å². The molecule has 0 aromatic heterocycles. The fourth-order valence-electron chi connectivity index (χ4n) is 5.18. The highest BCUT2D eigenvalue weighted by atomic mass is 19.4. The molecule has 15 heteroatoms. The number of nitrogens with one attached hydrogen (secondary N) is 1. The van der Waals surface area contributed by atoms with Crippen molar-refractivity contribution in [3.8, 4) is 6.07 Å². The number of nitriles is 1. The van der Waals surface area contributed by atoms with Crippen LogP contribution in [0, 0.1) is 21.4 Å². The number of carbonyl (C=O) groups is 1. The van der Waals surface area contributed by atoms with Crippen molar-refractivity contribution in [3.05, 3.63) is 63.2 Å². The topological polar surface area (TPSA) is 112 Å². The summed E-state index contributed by atoms with van der Waals surface area (Å²) in [6, 6.07) is 7.72. The third-order valence-electron chi connectivity index (χ3n) is 7.41. The van der Waals surface area contributed by atoms with E-state index in [1.165, 1.54) is 12.1 Å². The first-order valence-electron chi connectivity index (χ1n) is 13.1. The van der Waals surface area contributed by atoms with E-state index in [9.17, 15) is 41.3 Å². The Hall–Kier alpha value is -4.06. The van der Waals surface area contributed by atoms with Gasteiger partial charge in [-0.25, -0.2) is 0 Å². The first-order valence-corrected chi connectivity index (χ1v) is 13.1. The summed E-state index contributed by atoms with van der Waals surface area (Å²) in [5, 5.41) is 22.9. The van der Waals surface area contributed by atoms with Crippen molar-refractivity contribution >= 4 is 23.0 Å². The number of anilines is 2. The number of alkyl halides is 6. The minimum absolute atomic E-state index is 0.127. The van der Waals surface area contributed by atoms with Crippen LogP contribution in [0.25, 0.3) is 0 Å². The predicted molar refractivity (Wildman–Crippen MR) is 139 cm³/mol. The van der Waals surface area contributed by atoms with Crippen LogP contribution in [-0.2, 0) is 21.9 Å². The van der Waals surface area contributed by atoms with Gasteiger partial charge in [0, 0.05) is 49.7 Å². The van der Waals surface area contributed by atoms with Crippen molar-refractivity contribution in [2.75, 3.05) is 43.0 Å². The minimum Gasteiger partial charge on any atom is -0.382 e. The number of nitrogens with zero attached hydrogens (tertiary/aromatic N) is 4. The Kier molecular flexibility index (Phi) is 9.15. The zero-order chi connectivity index (χ0) is 30.7. The van der Waals surface area contributed by atoms with Crippen molar-refractivity contribution in [1.82, 2.24) is 4.90 Å². The molecule has 1 saturated carbocycles. The maximum Gasteiger partial charge on any atom is 0.423 e. The van der Waals surface area contributed by atoms with E-state index < -0.39 is 39.7 Å². The average molecular weight is 600 g/mol. The molecule has 0 radical (unpaired) electrons. The van der Waals surface area contributed by atoms with E-state index in [2.05, 4.69) is 5.32 Å². The number of halogens is 6. The summed E-state index contributed by atoms with van der Waals surface area (Å²) in [6.45, 7) is 1.02. The lowest BCUT2D eigenvalue weighted by molar-refractivity contribution is -0.388. The first kappa shape index (κ1) is 30.9. The lowest BCUT2D eigenvalue weighted by Crippen LogP contribution is -2.50. The Morgan fingerprint density at radius 3 is 2.19 bits per heavy atom. The number of nitro benzene ring substituents is 1. The second-order valence-electron chi connectivity index (χ2n) is 10.1. The molecule has 226 valence electrons. The highest BCUT2D eigenvalue weighted by Crippen LogP contribution is 2.38. The van der Waals surface area contributed by atoms with Crippen molar-refractivity contribution in [1.29, 1.82) is 5.26 Å². The number of benzene rings is 2. The summed E-state index contributed by atoms with van der Waals surface area (Å²) in [4.78, 5) is 25.9. The van der Waals surface area contributed by atoms with Crippen LogP contribution in [0.5, 0.6) is 0 Å². The van der Waals surface area contributed by atoms with E-state index in [1.807, 2.05) is 0 Å². The van der Waals surface area contributed by atoms with Crippen LogP contribution in [0.2, 0.25) is 0 Å². The fraction of sp³-hybridized carbons (Fsp3) is 0.481. The second kappa shape index (κ2) is 12.4. The van der Waals surface area contributed by atoms with Gasteiger partial charge in [-0.2, -0.15) is 31.6 Å². The predicted octanol–water partition coefficient (Wildman–Crippen LogP) is 5.59. The Balaban J connectivity index is 1.22. The summed E-state index contributed by atoms with van der Waals surface area (Å²) in [7, 11) is 0. The molecular weight excluding hydrogens is 572 g/mol. The third-order valence-corrected chi connectivity index (χ3v) is 7.41. The molecule has 0 bridgehead atoms. The molecule has 2 aromatic rings. The van der Waals surface area contributed by atoms with Crippen LogP contribution >= 0.6 is 0 Å². The standard InChI is InChI=1S/C27H27F6N5O4/c28-26(29,30)22-14-20(5-1-17(22)15-34)36-9-11-37(12-10-36)25(39)16-42-21-6-2-18(3-7-21)35-19-4-8-24(38(40)41)23(13-19)27(31,32)33/h1,4-5,8,13-14,18,21,35H,2-3,6-7,9-12,16H2. The van der Waals surface area contributed by atoms with Crippen LogP contribution in [0.4, 0.5) is 43.4 Å². The van der Waals surface area contributed by atoms with Gasteiger partial charge in [0.05, 0.1) is 28.2 Å². The average Bonchev–Trinajstić information content (AvgIpc) is 2.95. The second-order valence-corrected chi connectivity index (χ2v) is 10.1. The Morgan fingerprint density at radius 1 is 0.976 bits per heavy atom. The number of hydrogen-bond acceptors (Lipinski definition) is 7. The number of amides is 1. The van der Waals surface area contributed by atoms with Gasteiger partial charge in [-0.05, 0) is 56.0 Å². The van der Waals surface area contributed by atoms with E-state index in [-0.39, 0.29) is 43.4 Å². The normalized spacial score (nSPS) is 19.7. The Bertz CT molecular complexity index is 1340. The summed E-state index contributed by atoms with van der Waals surface area (Å²) in [5.74, 6) is -0.253. The van der Waals surface area contributed by atoms with Crippen molar-refractivity contribution in [3.63, 3.8) is 0 Å². The van der Waals surface area contributed by atoms with Gasteiger partial charge in [0.25, 0.3) is 5.69 Å². The monoisotopic (exact) mass is 599 g/mol. The first-order chi connectivity index (χ1) is 19.8. The Labute approximate surface area is 236 Å². The molecule has 1 heterocycles. The molecule has 0 spiro atoms. The van der Waals surface area contributed by atoms with Crippen molar-refractivity contribution in [2.45, 2.75) is 50.2 Å². The summed E-state index contributed by atoms with van der Waals surface area (Å²) >= 11 is 0. The van der Waals surface area contributed by atoms with Crippen LogP contribution in [0.15, 0.2) is 36.4 Å². The molecule has 1 amide bonds. The zero-order valence-corrected chi connectivity index (χ0v) is 22.2. The minimum atomic E-state index is -4.87. The van der Waals surface area contributed by atoms with Gasteiger partial charge in [0.2, 0.25) is 5.91 Å². The molecular formula is C27H27F6N5O4. The number of nitro groups is 1. The smallest absolute Gasteiger partial charge is 0.382 e. The van der Waals surface area contributed by atoms with Gasteiger partial charge in [0.15, 0.2) is 0 Å². The summed E-state index contributed by atoms with van der Waals surface area (Å²) < 4.78 is 85.4. The Morgan fingerprint density at radius 2 is 1.62 bits per heavy atom. The highest BCUT2D eigenvalue weighted by molar-refractivity contribution is 5.77. The van der Waals surface area contributed by atoms with E-state index >= 15 is 0 Å². The van der Waals surface area contributed by atoms with E-state index in [0.29, 0.717) is 44.5 Å². The quantitative estimate of drug-likeness (QED) is 0.251. The lowest BCUT2D eigenvalue weighted by Gasteiger charge is -2.37. The van der Waals surface area contributed by atoms with Gasteiger partial charge in [0.1, 0.15) is 12.2 Å². The van der Waals surface area contributed by atoms with Gasteiger partial charge >= 0.3 is 12.4 Å². The number of carbonyl (C=O) groups excluding carboxylic acids is 1.